The first kappa shape index (κ1) is 11.1. The minimum Gasteiger partial charge on any atom is -0.384 e. The number of aryl methyl sites for hydroxylation is 1. The highest BCUT2D eigenvalue weighted by molar-refractivity contribution is 6.04. The molecule has 2 aromatic heterocycles. The molecular weight excluding hydrogens is 220 g/mol. The number of rotatable bonds is 2. The molecule has 88 valence electrons. The number of amides is 1. The number of nitrogens with two attached hydrogens (primary N) is 1. The fourth-order valence-electron chi connectivity index (χ4n) is 1.30. The summed E-state index contributed by atoms with van der Waals surface area (Å²) in [7, 11) is 0. The highest BCUT2D eigenvalue weighted by atomic mass is 16.5. The van der Waals surface area contributed by atoms with Crippen LogP contribution in [0.1, 0.15) is 21.6 Å². The number of hydrogen-bond acceptors (Lipinski definition) is 5. The van der Waals surface area contributed by atoms with Crippen LogP contribution in [-0.2, 0) is 0 Å². The van der Waals surface area contributed by atoms with Gasteiger partial charge in [-0.15, -0.1) is 0 Å². The first-order valence-corrected chi connectivity index (χ1v) is 5.03. The molecule has 0 saturated heterocycles. The van der Waals surface area contributed by atoms with Gasteiger partial charge in [-0.2, -0.15) is 0 Å². The van der Waals surface area contributed by atoms with Crippen LogP contribution in [0.2, 0.25) is 0 Å². The summed E-state index contributed by atoms with van der Waals surface area (Å²) in [5.41, 5.74) is 7.47. The van der Waals surface area contributed by atoms with E-state index >= 15 is 0 Å². The van der Waals surface area contributed by atoms with Crippen LogP contribution in [-0.4, -0.2) is 16.0 Å². The zero-order valence-electron chi connectivity index (χ0n) is 9.52. The summed E-state index contributed by atoms with van der Waals surface area (Å²) in [5.74, 6) is 0.337. The van der Waals surface area contributed by atoms with Crippen molar-refractivity contribution in [1.82, 2.24) is 10.1 Å². The first-order valence-electron chi connectivity index (χ1n) is 5.03. The summed E-state index contributed by atoms with van der Waals surface area (Å²) >= 11 is 0. The smallest absolute Gasteiger partial charge is 0.258 e. The molecule has 0 aliphatic carbocycles. The van der Waals surface area contributed by atoms with Gasteiger partial charge in [0.05, 0.1) is 5.69 Å². The molecule has 0 aliphatic heterocycles. The van der Waals surface area contributed by atoms with Crippen molar-refractivity contribution >= 4 is 17.6 Å². The number of aromatic nitrogens is 2. The van der Waals surface area contributed by atoms with Crippen molar-refractivity contribution in [2.75, 3.05) is 11.1 Å². The van der Waals surface area contributed by atoms with Crippen LogP contribution < -0.4 is 11.1 Å². The lowest BCUT2D eigenvalue weighted by molar-refractivity contribution is 0.102. The molecule has 0 atom stereocenters. The Bertz CT molecular complexity index is 562. The zero-order valence-corrected chi connectivity index (χ0v) is 9.52. The molecule has 3 N–H and O–H groups in total. The van der Waals surface area contributed by atoms with Crippen molar-refractivity contribution in [3.05, 3.63) is 35.2 Å². The lowest BCUT2D eigenvalue weighted by Gasteiger charge is -2.02. The normalized spacial score (nSPS) is 10.2. The van der Waals surface area contributed by atoms with Crippen LogP contribution in [0.3, 0.4) is 0 Å². The van der Waals surface area contributed by atoms with E-state index in [0.29, 0.717) is 17.3 Å². The van der Waals surface area contributed by atoms with Crippen LogP contribution in [0.15, 0.2) is 22.9 Å². The minimum absolute atomic E-state index is 0.295. The molecule has 6 heteroatoms. The van der Waals surface area contributed by atoms with Gasteiger partial charge in [-0.1, -0.05) is 5.16 Å². The van der Waals surface area contributed by atoms with E-state index in [1.54, 1.807) is 13.0 Å². The van der Waals surface area contributed by atoms with Crippen molar-refractivity contribution in [2.24, 2.45) is 0 Å². The summed E-state index contributed by atoms with van der Waals surface area (Å²) in [6.45, 7) is 3.63. The maximum atomic E-state index is 11.8. The van der Waals surface area contributed by atoms with Crippen LogP contribution >= 0.6 is 0 Å². The van der Waals surface area contributed by atoms with Crippen molar-refractivity contribution < 1.29 is 9.32 Å². The number of nitrogens with one attached hydrogen (secondary N) is 1. The maximum Gasteiger partial charge on any atom is 0.258 e. The predicted molar refractivity (Wildman–Crippen MR) is 62.6 cm³/mol. The van der Waals surface area contributed by atoms with Gasteiger partial charge >= 0.3 is 0 Å². The molecule has 0 aliphatic rings. The first-order chi connectivity index (χ1) is 8.08. The summed E-state index contributed by atoms with van der Waals surface area (Å²) in [6.07, 6.45) is 1.47. The van der Waals surface area contributed by atoms with E-state index in [1.165, 1.54) is 12.3 Å². The monoisotopic (exact) mass is 232 g/mol. The van der Waals surface area contributed by atoms with Crippen molar-refractivity contribution in [3.8, 4) is 0 Å². The number of nitrogen functional groups attached to an aromatic ring is 1. The minimum atomic E-state index is -0.307. The van der Waals surface area contributed by atoms with Crippen molar-refractivity contribution in [2.45, 2.75) is 13.8 Å². The van der Waals surface area contributed by atoms with Crippen LogP contribution in [0.4, 0.5) is 11.7 Å². The third-order valence-electron chi connectivity index (χ3n) is 2.43. The Hall–Kier alpha value is -2.37. The van der Waals surface area contributed by atoms with E-state index in [4.69, 9.17) is 10.3 Å². The zero-order chi connectivity index (χ0) is 12.4. The lowest BCUT2D eigenvalue weighted by Crippen LogP contribution is -2.12. The van der Waals surface area contributed by atoms with Gasteiger partial charge in [-0.3, -0.25) is 10.1 Å². The quantitative estimate of drug-likeness (QED) is 0.818. The van der Waals surface area contributed by atoms with Gasteiger partial charge in [0, 0.05) is 17.3 Å². The van der Waals surface area contributed by atoms with Gasteiger partial charge in [0.25, 0.3) is 5.91 Å². The SMILES string of the molecule is Cc1noc(NC(=O)c2ccnc(N)c2)c1C. The second kappa shape index (κ2) is 4.25. The van der Waals surface area contributed by atoms with Gasteiger partial charge < -0.3 is 10.3 Å². The molecular formula is C11H12N4O2. The molecule has 0 fully saturated rings. The van der Waals surface area contributed by atoms with E-state index in [9.17, 15) is 4.79 Å². The highest BCUT2D eigenvalue weighted by Crippen LogP contribution is 2.18. The largest absolute Gasteiger partial charge is 0.384 e. The average Bonchev–Trinajstić information content (AvgIpc) is 2.61. The highest BCUT2D eigenvalue weighted by Gasteiger charge is 2.13. The van der Waals surface area contributed by atoms with Gasteiger partial charge in [-0.25, -0.2) is 4.98 Å². The standard InChI is InChI=1S/C11H12N4O2/c1-6-7(2)15-17-11(6)14-10(16)8-3-4-13-9(12)5-8/h3-5H,1-2H3,(H2,12,13)(H,14,16). The molecule has 0 saturated carbocycles. The summed E-state index contributed by atoms with van der Waals surface area (Å²) < 4.78 is 4.99. The number of carbonyl (C=O) groups is 1. The Morgan fingerprint density at radius 2 is 2.24 bits per heavy atom. The van der Waals surface area contributed by atoms with Crippen LogP contribution in [0.25, 0.3) is 0 Å². The topological polar surface area (TPSA) is 94.0 Å². The molecule has 6 nitrogen and oxygen atoms in total. The van der Waals surface area contributed by atoms with Gasteiger partial charge in [-0.05, 0) is 26.0 Å². The fraction of sp³-hybridized carbons (Fsp3) is 0.182. The van der Waals surface area contributed by atoms with Crippen molar-refractivity contribution in [3.63, 3.8) is 0 Å². The molecule has 0 unspecified atom stereocenters. The van der Waals surface area contributed by atoms with Gasteiger partial charge in [0.15, 0.2) is 0 Å². The van der Waals surface area contributed by atoms with E-state index in [2.05, 4.69) is 15.5 Å². The third-order valence-corrected chi connectivity index (χ3v) is 2.43. The van der Waals surface area contributed by atoms with Crippen LogP contribution in [0, 0.1) is 13.8 Å². The van der Waals surface area contributed by atoms with Gasteiger partial charge in [0.1, 0.15) is 5.82 Å². The molecule has 0 bridgehead atoms. The molecule has 1 amide bonds. The summed E-state index contributed by atoms with van der Waals surface area (Å²) in [6, 6.07) is 3.07. The predicted octanol–water partition coefficient (Wildman–Crippen LogP) is 1.52. The molecule has 0 radical (unpaired) electrons. The second-order valence-corrected chi connectivity index (χ2v) is 3.65. The fourth-order valence-corrected chi connectivity index (χ4v) is 1.30. The Morgan fingerprint density at radius 3 is 2.82 bits per heavy atom. The molecule has 2 rings (SSSR count). The van der Waals surface area contributed by atoms with E-state index in [-0.39, 0.29) is 5.91 Å². The Balaban J connectivity index is 2.20. The van der Waals surface area contributed by atoms with Gasteiger partial charge in [0.2, 0.25) is 5.88 Å². The maximum absolute atomic E-state index is 11.8. The van der Waals surface area contributed by atoms with E-state index in [1.807, 2.05) is 6.92 Å². The summed E-state index contributed by atoms with van der Waals surface area (Å²) in [4.78, 5) is 15.7. The molecule has 2 aromatic rings. The molecule has 17 heavy (non-hydrogen) atoms. The Kier molecular flexibility index (Phi) is 2.78. The Morgan fingerprint density at radius 1 is 1.47 bits per heavy atom. The van der Waals surface area contributed by atoms with Crippen LogP contribution in [0.5, 0.6) is 0 Å². The molecule has 2 heterocycles. The van der Waals surface area contributed by atoms with E-state index < -0.39 is 0 Å². The van der Waals surface area contributed by atoms with E-state index in [0.717, 1.165) is 11.3 Å². The summed E-state index contributed by atoms with van der Waals surface area (Å²) in [5, 5.41) is 6.38. The second-order valence-electron chi connectivity index (χ2n) is 3.65. The Labute approximate surface area is 97.8 Å². The van der Waals surface area contributed by atoms with Crippen molar-refractivity contribution in [1.29, 1.82) is 0 Å². The number of carbonyl (C=O) groups excluding carboxylic acids is 1. The third kappa shape index (κ3) is 2.25. The molecule has 0 spiro atoms. The molecule has 0 aromatic carbocycles. The number of hydrogen-bond donors (Lipinski definition) is 2. The number of pyridine rings is 1. The lowest BCUT2D eigenvalue weighted by atomic mass is 10.2. The number of nitrogens with zero attached hydrogens (tertiary/aromatic N) is 2. The number of anilines is 2. The average molecular weight is 232 g/mol.